The molecule has 2 rings (SSSR count). The average Bonchev–Trinajstić information content (AvgIpc) is 2.98. The van der Waals surface area contributed by atoms with Crippen molar-refractivity contribution < 1.29 is 52.0 Å². The van der Waals surface area contributed by atoms with Crippen molar-refractivity contribution >= 4 is 45.7 Å². The molecule has 27 heavy (non-hydrogen) atoms. The number of carbonyl (C=O) groups is 6. The minimum absolute atomic E-state index is 0.00516. The number of hydrogen-bond acceptors (Lipinski definition) is 8. The summed E-state index contributed by atoms with van der Waals surface area (Å²) in [4.78, 5) is 72.0. The van der Waals surface area contributed by atoms with Gasteiger partial charge in [0.2, 0.25) is 28.9 Å². The van der Waals surface area contributed by atoms with E-state index < -0.39 is 88.7 Å². The molecule has 2 aliphatic rings. The minimum Gasteiger partial charge on any atom is -0.481 e. The number of imide groups is 2. The molecule has 4 amide bonds. The molecule has 3 N–H and O–H groups in total. The number of nitrogens with zero attached hydrogens (tertiary/aromatic N) is 2. The fourth-order valence-electron chi connectivity index (χ4n) is 3.39. The van der Waals surface area contributed by atoms with E-state index in [1.165, 1.54) is 0 Å². The molecule has 1 unspecified atom stereocenters. The first-order chi connectivity index (χ1) is 12.3. The van der Waals surface area contributed by atoms with Gasteiger partial charge in [-0.15, -0.1) is 0 Å². The van der Waals surface area contributed by atoms with E-state index in [1.54, 1.807) is 0 Å². The maximum Gasteiger partial charge on any atom is 0.328 e. The van der Waals surface area contributed by atoms with Gasteiger partial charge in [0, 0.05) is 25.7 Å². The number of aliphatic carboxylic acids is 2. The number of hydrogen-bond donors (Lipinski definition) is 3. The lowest BCUT2D eigenvalue weighted by atomic mass is 9.96. The van der Waals surface area contributed by atoms with Crippen molar-refractivity contribution in [2.75, 3.05) is 0 Å². The van der Waals surface area contributed by atoms with Gasteiger partial charge < -0.3 is 10.2 Å². The normalized spacial score (nSPS) is 19.7. The van der Waals surface area contributed by atoms with Crippen molar-refractivity contribution in [2.45, 2.75) is 43.0 Å². The summed E-state index contributed by atoms with van der Waals surface area (Å²) in [5.74, 6) is -8.97. The summed E-state index contributed by atoms with van der Waals surface area (Å²) >= 11 is 0. The quantitative estimate of drug-likeness (QED) is 0.305. The van der Waals surface area contributed by atoms with Crippen molar-refractivity contribution in [3.63, 3.8) is 0 Å². The number of rotatable bonds is 7. The van der Waals surface area contributed by atoms with Crippen LogP contribution in [0.5, 0.6) is 0 Å². The SMILES string of the molecule is O=C(O)CC(C(C(=O)O)S(=O)(=O)O)(N1C(=O)CCC1=O)N1C(=O)CCC1=O. The van der Waals surface area contributed by atoms with Crippen LogP contribution in [-0.2, 0) is 38.9 Å². The number of likely N-dealkylation sites (tertiary alicyclic amines) is 2. The van der Waals surface area contributed by atoms with Gasteiger partial charge in [-0.2, -0.15) is 8.42 Å². The van der Waals surface area contributed by atoms with E-state index in [-0.39, 0.29) is 9.80 Å². The Morgan fingerprint density at radius 3 is 1.44 bits per heavy atom. The first-order valence-corrected chi connectivity index (χ1v) is 8.97. The van der Waals surface area contributed by atoms with Gasteiger partial charge in [0.05, 0.1) is 6.42 Å². The largest absolute Gasteiger partial charge is 0.481 e. The number of amides is 4. The van der Waals surface area contributed by atoms with Crippen LogP contribution in [0.2, 0.25) is 0 Å². The third kappa shape index (κ3) is 3.28. The van der Waals surface area contributed by atoms with Gasteiger partial charge in [0.15, 0.2) is 5.66 Å². The number of carbonyl (C=O) groups excluding carboxylic acids is 4. The zero-order valence-electron chi connectivity index (χ0n) is 13.5. The highest BCUT2D eigenvalue weighted by molar-refractivity contribution is 7.87. The summed E-state index contributed by atoms with van der Waals surface area (Å²) in [5.41, 5.74) is -3.28. The highest BCUT2D eigenvalue weighted by atomic mass is 32.2. The Kier molecular flexibility index (Phi) is 5.07. The summed E-state index contributed by atoms with van der Waals surface area (Å²) < 4.78 is 33.1. The zero-order valence-corrected chi connectivity index (χ0v) is 14.3. The van der Waals surface area contributed by atoms with Crippen LogP contribution in [0.1, 0.15) is 32.1 Å². The molecule has 2 fully saturated rings. The monoisotopic (exact) mass is 406 g/mol. The lowest BCUT2D eigenvalue weighted by molar-refractivity contribution is -0.172. The molecule has 2 aliphatic heterocycles. The summed E-state index contributed by atoms with van der Waals surface area (Å²) in [6.07, 6.45) is -3.68. The summed E-state index contributed by atoms with van der Waals surface area (Å²) in [5, 5.41) is 15.5. The van der Waals surface area contributed by atoms with Crippen LogP contribution in [-0.4, -0.2) is 79.5 Å². The fraction of sp³-hybridized carbons (Fsp3) is 0.538. The Labute approximate surface area is 151 Å². The van der Waals surface area contributed by atoms with Crippen molar-refractivity contribution in [3.05, 3.63) is 0 Å². The predicted molar refractivity (Wildman–Crippen MR) is 80.1 cm³/mol. The standard InChI is InChI=1S/C13H14N2O11S/c16-6-1-2-7(17)14(6)13(5-10(20)21,11(12(22)23)27(24,25)26)15-8(18)3-4-9(15)19/h11H,1-5H2,(H,20,21)(H,22,23)(H,24,25,26). The van der Waals surface area contributed by atoms with Crippen LogP contribution in [0.3, 0.4) is 0 Å². The van der Waals surface area contributed by atoms with Gasteiger partial charge >= 0.3 is 11.9 Å². The van der Waals surface area contributed by atoms with Crippen LogP contribution >= 0.6 is 0 Å². The maximum absolute atomic E-state index is 12.2. The lowest BCUT2D eigenvalue weighted by Crippen LogP contribution is -2.73. The molecule has 0 aliphatic carbocycles. The molecule has 0 saturated carbocycles. The third-order valence-electron chi connectivity index (χ3n) is 4.23. The van der Waals surface area contributed by atoms with Crippen LogP contribution in [0.25, 0.3) is 0 Å². The van der Waals surface area contributed by atoms with Gasteiger partial charge in [-0.05, 0) is 0 Å². The molecular weight excluding hydrogens is 392 g/mol. The van der Waals surface area contributed by atoms with Crippen LogP contribution in [0.15, 0.2) is 0 Å². The minimum atomic E-state index is -5.69. The highest BCUT2D eigenvalue weighted by Gasteiger charge is 2.66. The average molecular weight is 406 g/mol. The first-order valence-electron chi connectivity index (χ1n) is 7.46. The fourth-order valence-corrected chi connectivity index (χ4v) is 4.41. The molecule has 0 aromatic carbocycles. The van der Waals surface area contributed by atoms with Crippen LogP contribution < -0.4 is 0 Å². The Morgan fingerprint density at radius 1 is 0.889 bits per heavy atom. The molecule has 0 bridgehead atoms. The molecule has 0 aromatic rings. The third-order valence-corrected chi connectivity index (χ3v) is 5.41. The zero-order chi connectivity index (χ0) is 20.7. The Bertz CT molecular complexity index is 793. The predicted octanol–water partition coefficient (Wildman–Crippen LogP) is -2.20. The summed E-state index contributed by atoms with van der Waals surface area (Å²) in [7, 11) is -5.69. The maximum atomic E-state index is 12.2. The van der Waals surface area contributed by atoms with Crippen molar-refractivity contribution in [3.8, 4) is 0 Å². The molecule has 0 spiro atoms. The second-order valence-electron chi connectivity index (χ2n) is 5.93. The van der Waals surface area contributed by atoms with Gasteiger partial charge in [-0.25, -0.2) is 0 Å². The van der Waals surface area contributed by atoms with Crippen LogP contribution in [0, 0.1) is 0 Å². The highest BCUT2D eigenvalue weighted by Crippen LogP contribution is 2.39. The van der Waals surface area contributed by atoms with Gasteiger partial charge in [0.25, 0.3) is 10.1 Å². The van der Waals surface area contributed by atoms with E-state index in [0.29, 0.717) is 0 Å². The topological polar surface area (TPSA) is 204 Å². The van der Waals surface area contributed by atoms with Crippen molar-refractivity contribution in [1.29, 1.82) is 0 Å². The molecule has 14 heteroatoms. The van der Waals surface area contributed by atoms with E-state index in [2.05, 4.69) is 0 Å². The van der Waals surface area contributed by atoms with Crippen molar-refractivity contribution in [1.82, 2.24) is 9.80 Å². The van der Waals surface area contributed by atoms with Gasteiger partial charge in [-0.3, -0.25) is 43.1 Å². The lowest BCUT2D eigenvalue weighted by Gasteiger charge is -2.46. The first kappa shape index (κ1) is 20.4. The molecule has 0 aromatic heterocycles. The smallest absolute Gasteiger partial charge is 0.328 e. The van der Waals surface area contributed by atoms with Crippen molar-refractivity contribution in [2.24, 2.45) is 0 Å². The van der Waals surface area contributed by atoms with Gasteiger partial charge in [0.1, 0.15) is 0 Å². The van der Waals surface area contributed by atoms with E-state index in [9.17, 15) is 52.0 Å². The Hall–Kier alpha value is -2.87. The van der Waals surface area contributed by atoms with E-state index >= 15 is 0 Å². The number of carboxylic acid groups (broad SMARTS) is 2. The van der Waals surface area contributed by atoms with E-state index in [4.69, 9.17) is 0 Å². The molecule has 13 nitrogen and oxygen atoms in total. The Balaban J connectivity index is 2.93. The van der Waals surface area contributed by atoms with Crippen LogP contribution in [0.4, 0.5) is 0 Å². The Morgan fingerprint density at radius 2 is 1.22 bits per heavy atom. The molecule has 148 valence electrons. The summed E-state index contributed by atoms with van der Waals surface area (Å²) in [6.45, 7) is 0. The van der Waals surface area contributed by atoms with Gasteiger partial charge in [-0.1, -0.05) is 0 Å². The number of carboxylic acids is 2. The van der Waals surface area contributed by atoms with E-state index in [1.807, 2.05) is 0 Å². The summed E-state index contributed by atoms with van der Waals surface area (Å²) in [6, 6.07) is 0. The second kappa shape index (κ2) is 6.70. The molecular formula is C13H14N2O11S. The molecule has 2 saturated heterocycles. The van der Waals surface area contributed by atoms with E-state index in [0.717, 1.165) is 0 Å². The second-order valence-corrected chi connectivity index (χ2v) is 7.43. The molecule has 2 heterocycles. The molecule has 1 atom stereocenters. The molecule has 0 radical (unpaired) electrons.